The van der Waals surface area contributed by atoms with Crippen LogP contribution in [0.5, 0.6) is 11.8 Å². The van der Waals surface area contributed by atoms with E-state index in [1.165, 1.54) is 0 Å². The molecule has 1 aromatic heterocycles. The number of aryl methyl sites for hydroxylation is 2. The zero-order valence-corrected chi connectivity index (χ0v) is 13.0. The van der Waals surface area contributed by atoms with Gasteiger partial charge in [0.1, 0.15) is 0 Å². The second-order valence-corrected chi connectivity index (χ2v) is 5.19. The highest BCUT2D eigenvalue weighted by molar-refractivity contribution is 9.10. The van der Waals surface area contributed by atoms with Gasteiger partial charge in [0.2, 0.25) is 0 Å². The topological polar surface area (TPSA) is 47.9 Å². The van der Waals surface area contributed by atoms with Crippen molar-refractivity contribution in [3.63, 3.8) is 0 Å². The van der Waals surface area contributed by atoms with Crippen LogP contribution in [-0.4, -0.2) is 15.2 Å². The molecule has 2 aromatic rings. The first kappa shape index (κ1) is 14.2. The first-order valence-electron chi connectivity index (χ1n) is 5.99. The lowest BCUT2D eigenvalue weighted by atomic mass is 10.2. The lowest BCUT2D eigenvalue weighted by Gasteiger charge is -2.08. The zero-order chi connectivity index (χ0) is 13.8. The molecule has 0 fully saturated rings. The van der Waals surface area contributed by atoms with Gasteiger partial charge in [0.15, 0.2) is 5.75 Å². The van der Waals surface area contributed by atoms with Gasteiger partial charge < -0.3 is 4.74 Å². The van der Waals surface area contributed by atoms with E-state index in [1.807, 2.05) is 19.9 Å². The largest absolute Gasteiger partial charge is 0.422 e. The average Bonchev–Trinajstić information content (AvgIpc) is 2.42. The standard InChI is InChI=1S/C13H13BrClN3O/c1-3-10-11(4-2)17-18-13(16-10)19-12-7-8(14)5-6-9(12)15/h5-7H,3-4H2,1-2H3. The van der Waals surface area contributed by atoms with E-state index in [-0.39, 0.29) is 6.01 Å². The van der Waals surface area contributed by atoms with Crippen molar-refractivity contribution in [2.24, 2.45) is 0 Å². The molecule has 0 aliphatic carbocycles. The Morgan fingerprint density at radius 1 is 1.16 bits per heavy atom. The number of aromatic nitrogens is 3. The second kappa shape index (κ2) is 6.30. The van der Waals surface area contributed by atoms with Crippen molar-refractivity contribution in [2.75, 3.05) is 0 Å². The lowest BCUT2D eigenvalue weighted by molar-refractivity contribution is 0.428. The van der Waals surface area contributed by atoms with E-state index < -0.39 is 0 Å². The molecular weight excluding hydrogens is 330 g/mol. The van der Waals surface area contributed by atoms with Crippen molar-refractivity contribution >= 4 is 27.5 Å². The molecule has 0 bridgehead atoms. The SMILES string of the molecule is CCc1nnc(Oc2cc(Br)ccc2Cl)nc1CC. The molecule has 6 heteroatoms. The number of benzene rings is 1. The minimum Gasteiger partial charge on any atom is -0.422 e. The summed E-state index contributed by atoms with van der Waals surface area (Å²) >= 11 is 9.42. The zero-order valence-electron chi connectivity index (χ0n) is 10.7. The third kappa shape index (κ3) is 3.42. The van der Waals surface area contributed by atoms with Crippen LogP contribution in [0.15, 0.2) is 22.7 Å². The summed E-state index contributed by atoms with van der Waals surface area (Å²) in [6.07, 6.45) is 1.60. The minimum absolute atomic E-state index is 0.217. The molecule has 0 atom stereocenters. The van der Waals surface area contributed by atoms with E-state index in [0.29, 0.717) is 10.8 Å². The highest BCUT2D eigenvalue weighted by Crippen LogP contribution is 2.30. The van der Waals surface area contributed by atoms with Crippen molar-refractivity contribution in [2.45, 2.75) is 26.7 Å². The van der Waals surface area contributed by atoms with E-state index in [0.717, 1.165) is 28.7 Å². The van der Waals surface area contributed by atoms with Gasteiger partial charge in [0.05, 0.1) is 16.4 Å². The summed E-state index contributed by atoms with van der Waals surface area (Å²) in [6.45, 7) is 4.05. The van der Waals surface area contributed by atoms with Crippen LogP contribution in [0.25, 0.3) is 0 Å². The van der Waals surface area contributed by atoms with Crippen molar-refractivity contribution in [1.82, 2.24) is 15.2 Å². The Balaban J connectivity index is 2.30. The maximum absolute atomic E-state index is 6.06. The fourth-order valence-electron chi connectivity index (χ4n) is 1.62. The summed E-state index contributed by atoms with van der Waals surface area (Å²) in [5.74, 6) is 0.504. The number of hydrogen-bond donors (Lipinski definition) is 0. The highest BCUT2D eigenvalue weighted by Gasteiger charge is 2.10. The van der Waals surface area contributed by atoms with Crippen LogP contribution in [0.4, 0.5) is 0 Å². The third-order valence-electron chi connectivity index (χ3n) is 2.58. The Hall–Kier alpha value is -1.20. The Morgan fingerprint density at radius 3 is 2.58 bits per heavy atom. The fraction of sp³-hybridized carbons (Fsp3) is 0.308. The molecule has 4 nitrogen and oxygen atoms in total. The van der Waals surface area contributed by atoms with Crippen molar-refractivity contribution < 1.29 is 4.74 Å². The number of hydrogen-bond acceptors (Lipinski definition) is 4. The summed E-state index contributed by atoms with van der Waals surface area (Å²) in [5, 5.41) is 8.59. The first-order chi connectivity index (χ1) is 9.13. The maximum Gasteiger partial charge on any atom is 0.341 e. The Morgan fingerprint density at radius 2 is 1.89 bits per heavy atom. The van der Waals surface area contributed by atoms with Gasteiger partial charge in [-0.1, -0.05) is 46.5 Å². The Kier molecular flexibility index (Phi) is 4.71. The van der Waals surface area contributed by atoms with Gasteiger partial charge in [0.25, 0.3) is 0 Å². The summed E-state index contributed by atoms with van der Waals surface area (Å²) in [4.78, 5) is 4.36. The molecule has 1 heterocycles. The molecule has 0 spiro atoms. The molecule has 1 aromatic carbocycles. The Labute approximate surface area is 125 Å². The molecule has 100 valence electrons. The molecule has 0 amide bonds. The number of rotatable bonds is 4. The van der Waals surface area contributed by atoms with Crippen LogP contribution in [-0.2, 0) is 12.8 Å². The first-order valence-corrected chi connectivity index (χ1v) is 7.16. The maximum atomic E-state index is 6.06. The summed E-state index contributed by atoms with van der Waals surface area (Å²) in [5.41, 5.74) is 1.80. The fourth-order valence-corrected chi connectivity index (χ4v) is 2.11. The predicted octanol–water partition coefficient (Wildman–Crippen LogP) is 4.20. The second-order valence-electron chi connectivity index (χ2n) is 3.87. The molecule has 0 unspecified atom stereocenters. The minimum atomic E-state index is 0.217. The van der Waals surface area contributed by atoms with Gasteiger partial charge in [-0.05, 0) is 31.0 Å². The van der Waals surface area contributed by atoms with Gasteiger partial charge in [0, 0.05) is 4.47 Å². The van der Waals surface area contributed by atoms with Crippen LogP contribution >= 0.6 is 27.5 Å². The molecule has 0 saturated heterocycles. The van der Waals surface area contributed by atoms with Gasteiger partial charge in [-0.2, -0.15) is 4.98 Å². The smallest absolute Gasteiger partial charge is 0.341 e. The van der Waals surface area contributed by atoms with Crippen LogP contribution in [0.1, 0.15) is 25.2 Å². The molecule has 0 radical (unpaired) electrons. The number of ether oxygens (including phenoxy) is 1. The van der Waals surface area contributed by atoms with Gasteiger partial charge >= 0.3 is 6.01 Å². The lowest BCUT2D eigenvalue weighted by Crippen LogP contribution is -2.04. The van der Waals surface area contributed by atoms with Gasteiger partial charge in [-0.25, -0.2) is 0 Å². The molecule has 0 aliphatic rings. The number of halogens is 2. The van der Waals surface area contributed by atoms with E-state index in [1.54, 1.807) is 12.1 Å². The molecular formula is C13H13BrClN3O. The molecule has 2 rings (SSSR count). The normalized spacial score (nSPS) is 10.5. The predicted molar refractivity (Wildman–Crippen MR) is 77.8 cm³/mol. The number of nitrogens with zero attached hydrogens (tertiary/aromatic N) is 3. The van der Waals surface area contributed by atoms with Gasteiger partial charge in [-0.3, -0.25) is 0 Å². The molecule has 19 heavy (non-hydrogen) atoms. The van der Waals surface area contributed by atoms with E-state index >= 15 is 0 Å². The van der Waals surface area contributed by atoms with Crippen LogP contribution < -0.4 is 4.74 Å². The third-order valence-corrected chi connectivity index (χ3v) is 3.39. The van der Waals surface area contributed by atoms with E-state index in [4.69, 9.17) is 16.3 Å². The van der Waals surface area contributed by atoms with E-state index in [9.17, 15) is 0 Å². The van der Waals surface area contributed by atoms with Crippen molar-refractivity contribution in [3.8, 4) is 11.8 Å². The molecule has 0 N–H and O–H groups in total. The summed E-state index contributed by atoms with van der Waals surface area (Å²) in [7, 11) is 0. The quantitative estimate of drug-likeness (QED) is 0.835. The molecule has 0 aliphatic heterocycles. The van der Waals surface area contributed by atoms with E-state index in [2.05, 4.69) is 31.1 Å². The summed E-state index contributed by atoms with van der Waals surface area (Å²) < 4.78 is 6.46. The Bertz CT molecular complexity index is 592. The van der Waals surface area contributed by atoms with Crippen molar-refractivity contribution in [3.05, 3.63) is 39.1 Å². The monoisotopic (exact) mass is 341 g/mol. The van der Waals surface area contributed by atoms with Crippen LogP contribution in [0.2, 0.25) is 5.02 Å². The van der Waals surface area contributed by atoms with Crippen LogP contribution in [0.3, 0.4) is 0 Å². The summed E-state index contributed by atoms with van der Waals surface area (Å²) in [6, 6.07) is 5.57. The highest BCUT2D eigenvalue weighted by atomic mass is 79.9. The van der Waals surface area contributed by atoms with Gasteiger partial charge in [-0.15, -0.1) is 5.10 Å². The molecule has 0 saturated carbocycles. The van der Waals surface area contributed by atoms with Crippen LogP contribution in [0, 0.1) is 0 Å². The average molecular weight is 343 g/mol. The van der Waals surface area contributed by atoms with Crippen molar-refractivity contribution in [1.29, 1.82) is 0 Å².